The molecule has 0 fully saturated rings. The van der Waals surface area contributed by atoms with Crippen molar-refractivity contribution in [3.63, 3.8) is 0 Å². The first-order valence-corrected chi connectivity index (χ1v) is 7.03. The Labute approximate surface area is 128 Å². The summed E-state index contributed by atoms with van der Waals surface area (Å²) in [6, 6.07) is 5.81. The maximum atomic E-state index is 6.33. The molecule has 5 nitrogen and oxygen atoms in total. The number of aryl methyl sites for hydroxylation is 2. The number of halogens is 1. The van der Waals surface area contributed by atoms with Crippen molar-refractivity contribution in [1.82, 2.24) is 19.3 Å². The summed E-state index contributed by atoms with van der Waals surface area (Å²) in [4.78, 5) is 4.08. The highest BCUT2D eigenvalue weighted by Gasteiger charge is 2.10. The topological polar surface area (TPSA) is 47.7 Å². The molecule has 108 valence electrons. The second-order valence-corrected chi connectivity index (χ2v) is 5.28. The van der Waals surface area contributed by atoms with Gasteiger partial charge in [-0.25, -0.2) is 4.98 Å². The van der Waals surface area contributed by atoms with Gasteiger partial charge in [-0.2, -0.15) is 5.10 Å². The van der Waals surface area contributed by atoms with Gasteiger partial charge in [0, 0.05) is 37.7 Å². The molecule has 6 heteroatoms. The monoisotopic (exact) mass is 301 g/mol. The first-order chi connectivity index (χ1) is 10.1. The minimum absolute atomic E-state index is 0.681. The van der Waals surface area contributed by atoms with E-state index in [9.17, 15) is 0 Å². The van der Waals surface area contributed by atoms with Crippen LogP contribution in [0.2, 0.25) is 5.02 Å². The highest BCUT2D eigenvalue weighted by molar-refractivity contribution is 6.33. The van der Waals surface area contributed by atoms with E-state index in [4.69, 9.17) is 11.6 Å². The lowest BCUT2D eigenvalue weighted by atomic mass is 10.2. The summed E-state index contributed by atoms with van der Waals surface area (Å²) < 4.78 is 3.72. The van der Waals surface area contributed by atoms with Gasteiger partial charge in [-0.15, -0.1) is 0 Å². The molecular weight excluding hydrogens is 286 g/mol. The molecule has 3 aromatic rings. The number of nitrogens with one attached hydrogen (secondary N) is 1. The second-order valence-electron chi connectivity index (χ2n) is 4.87. The van der Waals surface area contributed by atoms with Gasteiger partial charge >= 0.3 is 0 Å². The van der Waals surface area contributed by atoms with Gasteiger partial charge in [-0.1, -0.05) is 17.7 Å². The summed E-state index contributed by atoms with van der Waals surface area (Å²) >= 11 is 6.33. The third-order valence-electron chi connectivity index (χ3n) is 3.33. The van der Waals surface area contributed by atoms with E-state index in [2.05, 4.69) is 15.4 Å². The number of para-hydroxylation sites is 1. The molecule has 0 saturated heterocycles. The normalized spacial score (nSPS) is 10.8. The van der Waals surface area contributed by atoms with Crippen LogP contribution < -0.4 is 5.32 Å². The quantitative estimate of drug-likeness (QED) is 0.805. The fraction of sp³-hybridized carbons (Fsp3) is 0.200. The lowest BCUT2D eigenvalue weighted by Gasteiger charge is -2.13. The Morgan fingerprint density at radius 2 is 2.19 bits per heavy atom. The molecule has 2 aromatic heterocycles. The van der Waals surface area contributed by atoms with Crippen molar-refractivity contribution in [3.05, 3.63) is 59.4 Å². The lowest BCUT2D eigenvalue weighted by Crippen LogP contribution is -2.04. The van der Waals surface area contributed by atoms with Crippen molar-refractivity contribution in [3.8, 4) is 5.69 Å². The van der Waals surface area contributed by atoms with E-state index in [0.717, 1.165) is 22.6 Å². The molecule has 0 bridgehead atoms. The summed E-state index contributed by atoms with van der Waals surface area (Å²) in [5.41, 5.74) is 4.05. The predicted molar refractivity (Wildman–Crippen MR) is 83.8 cm³/mol. The molecule has 1 N–H and O–H groups in total. The fourth-order valence-electron chi connectivity index (χ4n) is 2.32. The van der Waals surface area contributed by atoms with Gasteiger partial charge in [0.05, 0.1) is 28.4 Å². The average Bonchev–Trinajstić information content (AvgIpc) is 3.06. The Bertz CT molecular complexity index is 746. The molecule has 0 aliphatic heterocycles. The van der Waals surface area contributed by atoms with Crippen LogP contribution in [-0.4, -0.2) is 19.3 Å². The third kappa shape index (κ3) is 2.78. The van der Waals surface area contributed by atoms with Crippen LogP contribution in [0.1, 0.15) is 11.3 Å². The molecule has 0 aliphatic carbocycles. The van der Waals surface area contributed by atoms with Crippen LogP contribution in [0.15, 0.2) is 43.1 Å². The van der Waals surface area contributed by atoms with Crippen LogP contribution in [0.3, 0.4) is 0 Å². The molecule has 0 saturated carbocycles. The summed E-state index contributed by atoms with van der Waals surface area (Å²) in [6.07, 6.45) is 7.37. The highest BCUT2D eigenvalue weighted by Crippen LogP contribution is 2.28. The van der Waals surface area contributed by atoms with E-state index in [1.165, 1.54) is 0 Å². The second kappa shape index (κ2) is 5.61. The molecule has 0 unspecified atom stereocenters. The molecule has 0 spiro atoms. The molecule has 3 rings (SSSR count). The predicted octanol–water partition coefficient (Wildman–Crippen LogP) is 3.18. The van der Waals surface area contributed by atoms with Gasteiger partial charge in [-0.05, 0) is 19.1 Å². The zero-order chi connectivity index (χ0) is 14.8. The van der Waals surface area contributed by atoms with Gasteiger partial charge in [-0.3, -0.25) is 4.68 Å². The van der Waals surface area contributed by atoms with Gasteiger partial charge < -0.3 is 9.88 Å². The van der Waals surface area contributed by atoms with Crippen LogP contribution in [0.5, 0.6) is 0 Å². The van der Waals surface area contributed by atoms with Crippen LogP contribution in [0, 0.1) is 6.92 Å². The zero-order valence-corrected chi connectivity index (χ0v) is 12.7. The van der Waals surface area contributed by atoms with Crippen molar-refractivity contribution in [2.75, 3.05) is 5.32 Å². The first kappa shape index (κ1) is 13.7. The van der Waals surface area contributed by atoms with Crippen molar-refractivity contribution in [2.45, 2.75) is 13.5 Å². The molecule has 1 aromatic carbocycles. The molecule has 0 aliphatic rings. The van der Waals surface area contributed by atoms with E-state index >= 15 is 0 Å². The molecule has 21 heavy (non-hydrogen) atoms. The van der Waals surface area contributed by atoms with Gasteiger partial charge in [0.15, 0.2) is 0 Å². The Hall–Kier alpha value is -2.27. The number of aromatic nitrogens is 4. The average molecular weight is 302 g/mol. The third-order valence-corrected chi connectivity index (χ3v) is 3.64. The smallest absolute Gasteiger partial charge is 0.0992 e. The molecule has 0 radical (unpaired) electrons. The summed E-state index contributed by atoms with van der Waals surface area (Å²) in [6.45, 7) is 2.70. The number of hydrogen-bond acceptors (Lipinski definition) is 3. The minimum atomic E-state index is 0.681. The number of nitrogens with zero attached hydrogens (tertiary/aromatic N) is 4. The first-order valence-electron chi connectivity index (χ1n) is 6.65. The van der Waals surface area contributed by atoms with Crippen LogP contribution >= 0.6 is 11.6 Å². The highest BCUT2D eigenvalue weighted by atomic mass is 35.5. The van der Waals surface area contributed by atoms with Crippen molar-refractivity contribution < 1.29 is 0 Å². The zero-order valence-electron chi connectivity index (χ0n) is 11.9. The van der Waals surface area contributed by atoms with Gasteiger partial charge in [0.25, 0.3) is 0 Å². The maximum absolute atomic E-state index is 6.33. The van der Waals surface area contributed by atoms with Gasteiger partial charge in [0.2, 0.25) is 0 Å². The van der Waals surface area contributed by atoms with Crippen LogP contribution in [0.4, 0.5) is 5.69 Å². The van der Waals surface area contributed by atoms with Gasteiger partial charge in [0.1, 0.15) is 0 Å². The number of imidazole rings is 1. The minimum Gasteiger partial charge on any atom is -0.379 e. The Balaban J connectivity index is 1.89. The van der Waals surface area contributed by atoms with Crippen molar-refractivity contribution >= 4 is 17.3 Å². The Morgan fingerprint density at radius 3 is 2.86 bits per heavy atom. The molecule has 2 heterocycles. The van der Waals surface area contributed by atoms with E-state index in [-0.39, 0.29) is 0 Å². The largest absolute Gasteiger partial charge is 0.379 e. The number of anilines is 1. The number of rotatable bonds is 4. The van der Waals surface area contributed by atoms with E-state index in [1.807, 2.05) is 53.8 Å². The van der Waals surface area contributed by atoms with Crippen LogP contribution in [-0.2, 0) is 13.6 Å². The maximum Gasteiger partial charge on any atom is 0.0992 e. The SMILES string of the molecule is Cc1nn(C)cc1CNc1cccc(Cl)c1-n1ccnc1. The van der Waals surface area contributed by atoms with Crippen molar-refractivity contribution in [1.29, 1.82) is 0 Å². The Kier molecular flexibility index (Phi) is 3.66. The van der Waals surface area contributed by atoms with Crippen molar-refractivity contribution in [2.24, 2.45) is 7.05 Å². The standard InChI is InChI=1S/C15H16ClN5/c1-11-12(9-20(2)19-11)8-18-14-5-3-4-13(16)15(14)21-7-6-17-10-21/h3-7,9-10,18H,8H2,1-2H3. The lowest BCUT2D eigenvalue weighted by molar-refractivity contribution is 0.756. The number of benzene rings is 1. The van der Waals surface area contributed by atoms with Crippen LogP contribution in [0.25, 0.3) is 5.69 Å². The number of hydrogen-bond donors (Lipinski definition) is 1. The summed E-state index contributed by atoms with van der Waals surface area (Å²) in [5, 5.41) is 8.46. The van der Waals surface area contributed by atoms with E-state index in [0.29, 0.717) is 11.6 Å². The summed E-state index contributed by atoms with van der Waals surface area (Å²) in [5.74, 6) is 0. The fourth-order valence-corrected chi connectivity index (χ4v) is 2.60. The molecule has 0 amide bonds. The van der Waals surface area contributed by atoms with E-state index < -0.39 is 0 Å². The Morgan fingerprint density at radius 1 is 1.33 bits per heavy atom. The van der Waals surface area contributed by atoms with E-state index in [1.54, 1.807) is 12.5 Å². The molecular formula is C15H16ClN5. The molecule has 0 atom stereocenters. The summed E-state index contributed by atoms with van der Waals surface area (Å²) in [7, 11) is 1.92.